The molecule has 0 atom stereocenters. The van der Waals surface area contributed by atoms with Crippen LogP contribution in [0.3, 0.4) is 0 Å². The first-order valence-corrected chi connectivity index (χ1v) is 7.59. The fourth-order valence-corrected chi connectivity index (χ4v) is 2.19. The Morgan fingerprint density at radius 2 is 1.85 bits per heavy atom. The van der Waals surface area contributed by atoms with Crippen molar-refractivity contribution in [1.82, 2.24) is 0 Å². The highest BCUT2D eigenvalue weighted by Gasteiger charge is 2.12. The number of hydrogen-bond donors (Lipinski definition) is 3. The predicted octanol–water partition coefficient (Wildman–Crippen LogP) is 1.07. The maximum Gasteiger partial charge on any atom is 0.271 e. The number of sulfonamides is 1. The van der Waals surface area contributed by atoms with Gasteiger partial charge in [0.15, 0.2) is 0 Å². The number of hydrogen-bond acceptors (Lipinski definition) is 5. The number of aliphatic hydroxyl groups excluding tert-OH is 1. The summed E-state index contributed by atoms with van der Waals surface area (Å²) in [5.41, 5.74) is 1.92. The Balaban J connectivity index is 1.96. The fraction of sp³-hybridized carbons (Fsp3) is 0.231. The van der Waals surface area contributed by atoms with E-state index in [-0.39, 0.29) is 11.7 Å². The summed E-state index contributed by atoms with van der Waals surface area (Å²) in [7, 11) is -3.79. The molecule has 0 saturated carbocycles. The van der Waals surface area contributed by atoms with E-state index in [9.17, 15) is 8.42 Å². The van der Waals surface area contributed by atoms with Gasteiger partial charge in [0.2, 0.25) is 5.09 Å². The molecule has 6 nitrogen and oxygen atoms in total. The summed E-state index contributed by atoms with van der Waals surface area (Å²) in [6.45, 7) is 0.477. The summed E-state index contributed by atoms with van der Waals surface area (Å²) in [4.78, 5) is 0. The van der Waals surface area contributed by atoms with E-state index in [0.717, 1.165) is 11.3 Å². The molecule has 0 amide bonds. The maximum absolute atomic E-state index is 11.1. The summed E-state index contributed by atoms with van der Waals surface area (Å²) in [5, 5.41) is 16.6. The van der Waals surface area contributed by atoms with Crippen molar-refractivity contribution in [1.29, 1.82) is 0 Å². The van der Waals surface area contributed by atoms with Crippen molar-refractivity contribution in [3.05, 3.63) is 47.7 Å². The van der Waals surface area contributed by atoms with E-state index in [1.54, 1.807) is 6.07 Å². The summed E-state index contributed by atoms with van der Waals surface area (Å²) < 4.78 is 27.2. The third-order valence-electron chi connectivity index (χ3n) is 2.74. The fourth-order valence-electron chi connectivity index (χ4n) is 1.71. The van der Waals surface area contributed by atoms with Crippen LogP contribution in [0.5, 0.6) is 0 Å². The molecule has 4 N–H and O–H groups in total. The molecule has 0 spiro atoms. The molecule has 0 saturated heterocycles. The first-order valence-electron chi connectivity index (χ1n) is 6.04. The molecular formula is C13H16N2O4S. The first-order chi connectivity index (χ1) is 9.49. The van der Waals surface area contributed by atoms with Crippen LogP contribution < -0.4 is 10.5 Å². The van der Waals surface area contributed by atoms with Gasteiger partial charge < -0.3 is 14.8 Å². The molecular weight excluding hydrogens is 280 g/mol. The SMILES string of the molecule is NS(=O)(=O)c1ccc(CNc2ccc(CCO)cc2)o1. The van der Waals surface area contributed by atoms with Crippen LogP contribution in [0.15, 0.2) is 45.9 Å². The smallest absolute Gasteiger partial charge is 0.271 e. The second-order valence-corrected chi connectivity index (χ2v) is 5.78. The molecule has 1 aromatic carbocycles. The highest BCUT2D eigenvalue weighted by molar-refractivity contribution is 7.89. The van der Waals surface area contributed by atoms with Crippen molar-refractivity contribution in [2.45, 2.75) is 18.1 Å². The molecule has 1 aromatic heterocycles. The average Bonchev–Trinajstić information content (AvgIpc) is 2.87. The monoisotopic (exact) mass is 296 g/mol. The van der Waals surface area contributed by atoms with Crippen molar-refractivity contribution >= 4 is 15.7 Å². The number of nitrogens with one attached hydrogen (secondary N) is 1. The standard InChI is InChI=1S/C13H16N2O4S/c14-20(17,18)13-6-5-12(19-13)9-15-11-3-1-10(2-4-11)7-8-16/h1-6,15-16H,7-9H2,(H2,14,17,18). The van der Waals surface area contributed by atoms with Gasteiger partial charge in [-0.1, -0.05) is 12.1 Å². The van der Waals surface area contributed by atoms with Crippen LogP contribution in [-0.2, 0) is 23.0 Å². The van der Waals surface area contributed by atoms with Gasteiger partial charge in [0.1, 0.15) is 5.76 Å². The van der Waals surface area contributed by atoms with Gasteiger partial charge in [0, 0.05) is 12.3 Å². The summed E-state index contributed by atoms with van der Waals surface area (Å²) in [6.07, 6.45) is 0.621. The van der Waals surface area contributed by atoms with E-state index in [0.29, 0.717) is 18.7 Å². The van der Waals surface area contributed by atoms with Crippen LogP contribution >= 0.6 is 0 Å². The topological polar surface area (TPSA) is 106 Å². The molecule has 7 heteroatoms. The molecule has 2 aromatic rings. The Morgan fingerprint density at radius 1 is 1.15 bits per heavy atom. The Labute approximate surface area is 117 Å². The third kappa shape index (κ3) is 3.83. The maximum atomic E-state index is 11.1. The number of furan rings is 1. The van der Waals surface area contributed by atoms with Gasteiger partial charge in [-0.25, -0.2) is 13.6 Å². The minimum atomic E-state index is -3.79. The lowest BCUT2D eigenvalue weighted by Crippen LogP contribution is -2.10. The van der Waals surface area contributed by atoms with E-state index >= 15 is 0 Å². The van der Waals surface area contributed by atoms with Gasteiger partial charge in [-0.2, -0.15) is 0 Å². The molecule has 20 heavy (non-hydrogen) atoms. The van der Waals surface area contributed by atoms with E-state index < -0.39 is 10.0 Å². The molecule has 108 valence electrons. The molecule has 1 heterocycles. The Morgan fingerprint density at radius 3 is 2.40 bits per heavy atom. The number of primary sulfonamides is 1. The lowest BCUT2D eigenvalue weighted by molar-refractivity contribution is 0.299. The number of aliphatic hydroxyl groups is 1. The van der Waals surface area contributed by atoms with Crippen molar-refractivity contribution in [2.24, 2.45) is 5.14 Å². The van der Waals surface area contributed by atoms with Crippen LogP contribution in [0.2, 0.25) is 0 Å². The van der Waals surface area contributed by atoms with Gasteiger partial charge in [-0.05, 0) is 36.2 Å². The molecule has 2 rings (SSSR count). The molecule has 0 fully saturated rings. The van der Waals surface area contributed by atoms with E-state index in [1.165, 1.54) is 6.07 Å². The van der Waals surface area contributed by atoms with Gasteiger partial charge in [-0.3, -0.25) is 0 Å². The van der Waals surface area contributed by atoms with E-state index in [2.05, 4.69) is 5.32 Å². The zero-order valence-corrected chi connectivity index (χ0v) is 11.6. The molecule has 0 aliphatic heterocycles. The number of nitrogens with two attached hydrogens (primary N) is 1. The highest BCUT2D eigenvalue weighted by atomic mass is 32.2. The number of anilines is 1. The minimum Gasteiger partial charge on any atom is -0.446 e. The second-order valence-electron chi connectivity index (χ2n) is 4.29. The Hall–Kier alpha value is -1.83. The van der Waals surface area contributed by atoms with Crippen LogP contribution in [0.1, 0.15) is 11.3 Å². The van der Waals surface area contributed by atoms with Crippen LogP contribution in [0.25, 0.3) is 0 Å². The summed E-state index contributed by atoms with van der Waals surface area (Å²) in [5.74, 6) is 0.480. The number of benzene rings is 1. The largest absolute Gasteiger partial charge is 0.446 e. The van der Waals surface area contributed by atoms with Crippen molar-refractivity contribution in [3.8, 4) is 0 Å². The zero-order valence-electron chi connectivity index (χ0n) is 10.7. The van der Waals surface area contributed by atoms with Crippen LogP contribution in [0, 0.1) is 0 Å². The molecule has 0 radical (unpaired) electrons. The van der Waals surface area contributed by atoms with Gasteiger partial charge in [0.25, 0.3) is 10.0 Å². The lowest BCUT2D eigenvalue weighted by Gasteiger charge is -2.05. The number of rotatable bonds is 6. The van der Waals surface area contributed by atoms with Crippen molar-refractivity contribution in [3.63, 3.8) is 0 Å². The van der Waals surface area contributed by atoms with Gasteiger partial charge >= 0.3 is 0 Å². The van der Waals surface area contributed by atoms with Gasteiger partial charge in [0.05, 0.1) is 6.54 Å². The first kappa shape index (κ1) is 14.6. The normalized spacial score (nSPS) is 11.5. The predicted molar refractivity (Wildman–Crippen MR) is 74.6 cm³/mol. The molecule has 0 unspecified atom stereocenters. The van der Waals surface area contributed by atoms with Crippen LogP contribution in [-0.4, -0.2) is 20.1 Å². The summed E-state index contributed by atoms with van der Waals surface area (Å²) >= 11 is 0. The molecule has 0 aliphatic rings. The van der Waals surface area contributed by atoms with E-state index in [4.69, 9.17) is 14.7 Å². The average molecular weight is 296 g/mol. The Bertz CT molecular complexity index is 662. The van der Waals surface area contributed by atoms with Crippen molar-refractivity contribution < 1.29 is 17.9 Å². The van der Waals surface area contributed by atoms with Gasteiger partial charge in [-0.15, -0.1) is 0 Å². The summed E-state index contributed by atoms with van der Waals surface area (Å²) in [6, 6.07) is 10.5. The lowest BCUT2D eigenvalue weighted by atomic mass is 10.1. The minimum absolute atomic E-state index is 0.121. The zero-order chi connectivity index (χ0) is 14.6. The van der Waals surface area contributed by atoms with Crippen LogP contribution in [0.4, 0.5) is 5.69 Å². The molecule has 0 aliphatic carbocycles. The third-order valence-corrected chi connectivity index (χ3v) is 3.52. The quantitative estimate of drug-likeness (QED) is 0.739. The Kier molecular flexibility index (Phi) is 4.43. The highest BCUT2D eigenvalue weighted by Crippen LogP contribution is 2.15. The second kappa shape index (κ2) is 6.08. The van der Waals surface area contributed by atoms with E-state index in [1.807, 2.05) is 24.3 Å². The molecule has 0 bridgehead atoms. The van der Waals surface area contributed by atoms with Crippen molar-refractivity contribution in [2.75, 3.05) is 11.9 Å².